The molecule has 0 unspecified atom stereocenters. The third-order valence-corrected chi connectivity index (χ3v) is 3.77. The molecule has 0 aliphatic carbocycles. The van der Waals surface area contributed by atoms with Crippen molar-refractivity contribution in [3.8, 4) is 5.75 Å². The number of rotatable bonds is 6. The molecule has 0 amide bonds. The van der Waals surface area contributed by atoms with Gasteiger partial charge in [0.1, 0.15) is 18.1 Å². The van der Waals surface area contributed by atoms with E-state index in [0.717, 1.165) is 11.8 Å². The Balaban J connectivity index is 0.00000420. The van der Waals surface area contributed by atoms with Crippen LogP contribution in [0.4, 0.5) is 13.2 Å². The summed E-state index contributed by atoms with van der Waals surface area (Å²) in [5.74, 6) is 1.56. The van der Waals surface area contributed by atoms with Crippen LogP contribution in [0.5, 0.6) is 5.75 Å². The molecule has 0 saturated heterocycles. The van der Waals surface area contributed by atoms with Gasteiger partial charge in [0.2, 0.25) is 5.89 Å². The molecule has 10 heteroatoms. The van der Waals surface area contributed by atoms with Gasteiger partial charge in [-0.05, 0) is 12.1 Å². The number of halogens is 4. The highest BCUT2D eigenvalue weighted by atomic mass is 127. The molecule has 2 rings (SSSR count). The smallest absolute Gasteiger partial charge is 0.419 e. The molecule has 0 bridgehead atoms. The Morgan fingerprint density at radius 2 is 1.86 bits per heavy atom. The minimum atomic E-state index is -4.45. The second-order valence-corrected chi connectivity index (χ2v) is 7.06. The number of alkyl halides is 3. The highest BCUT2D eigenvalue weighted by molar-refractivity contribution is 14.0. The number of benzene rings is 1. The van der Waals surface area contributed by atoms with Crippen LogP contribution < -0.4 is 15.4 Å². The highest BCUT2D eigenvalue weighted by Crippen LogP contribution is 2.35. The van der Waals surface area contributed by atoms with E-state index in [1.807, 2.05) is 20.8 Å². The molecule has 0 atom stereocenters. The molecule has 29 heavy (non-hydrogen) atoms. The zero-order chi connectivity index (χ0) is 20.8. The Labute approximate surface area is 185 Å². The second-order valence-electron chi connectivity index (χ2n) is 7.06. The Kier molecular flexibility index (Phi) is 9.24. The first-order valence-corrected chi connectivity index (χ1v) is 8.80. The monoisotopic (exact) mass is 526 g/mol. The van der Waals surface area contributed by atoms with Crippen LogP contribution in [0, 0.1) is 0 Å². The summed E-state index contributed by atoms with van der Waals surface area (Å²) in [4.78, 5) is 8.26. The van der Waals surface area contributed by atoms with Crippen molar-refractivity contribution in [1.29, 1.82) is 0 Å². The van der Waals surface area contributed by atoms with Gasteiger partial charge in [-0.1, -0.05) is 32.9 Å². The Bertz CT molecular complexity index is 801. The first-order chi connectivity index (χ1) is 13.1. The van der Waals surface area contributed by atoms with Gasteiger partial charge in [0.15, 0.2) is 5.96 Å². The van der Waals surface area contributed by atoms with Crippen molar-refractivity contribution >= 4 is 29.9 Å². The number of hydrogen-bond donors (Lipinski definition) is 2. The summed E-state index contributed by atoms with van der Waals surface area (Å²) in [5.41, 5.74) is -0.925. The van der Waals surface area contributed by atoms with E-state index in [2.05, 4.69) is 20.6 Å². The van der Waals surface area contributed by atoms with E-state index in [-0.39, 0.29) is 48.3 Å². The van der Waals surface area contributed by atoms with Crippen LogP contribution >= 0.6 is 24.0 Å². The number of nitrogens with zero attached hydrogens (tertiary/aromatic N) is 2. The Morgan fingerprint density at radius 1 is 1.17 bits per heavy atom. The molecule has 1 aromatic carbocycles. The van der Waals surface area contributed by atoms with Gasteiger partial charge in [0, 0.05) is 12.5 Å². The molecular weight excluding hydrogens is 500 g/mol. The SMILES string of the molecule is CN=C(NCCOc1ccccc1C(F)(F)F)NCc1ncc(C(C)(C)C)o1.I. The van der Waals surface area contributed by atoms with E-state index in [4.69, 9.17) is 9.15 Å². The molecule has 0 radical (unpaired) electrons. The zero-order valence-corrected chi connectivity index (χ0v) is 19.1. The van der Waals surface area contributed by atoms with Crippen molar-refractivity contribution in [3.05, 3.63) is 47.7 Å². The average molecular weight is 526 g/mol. The molecule has 0 aliphatic rings. The van der Waals surface area contributed by atoms with E-state index in [1.165, 1.54) is 18.2 Å². The maximum Gasteiger partial charge on any atom is 0.419 e. The van der Waals surface area contributed by atoms with Gasteiger partial charge in [0.25, 0.3) is 0 Å². The quantitative estimate of drug-likeness (QED) is 0.254. The largest absolute Gasteiger partial charge is 0.491 e. The van der Waals surface area contributed by atoms with Gasteiger partial charge in [-0.15, -0.1) is 24.0 Å². The Morgan fingerprint density at radius 3 is 2.45 bits per heavy atom. The van der Waals surface area contributed by atoms with Gasteiger partial charge >= 0.3 is 6.18 Å². The molecular formula is C19H26F3IN4O2. The van der Waals surface area contributed by atoms with Crippen LogP contribution in [-0.2, 0) is 18.1 Å². The fourth-order valence-corrected chi connectivity index (χ4v) is 2.28. The van der Waals surface area contributed by atoms with Crippen LogP contribution in [0.3, 0.4) is 0 Å². The van der Waals surface area contributed by atoms with E-state index < -0.39 is 11.7 Å². The molecule has 6 nitrogen and oxygen atoms in total. The van der Waals surface area contributed by atoms with E-state index in [1.54, 1.807) is 13.2 Å². The lowest BCUT2D eigenvalue weighted by atomic mass is 9.94. The molecule has 162 valence electrons. The average Bonchev–Trinajstić information content (AvgIpc) is 3.10. The molecule has 2 aromatic rings. The summed E-state index contributed by atoms with van der Waals surface area (Å²) in [6, 6.07) is 5.12. The van der Waals surface area contributed by atoms with E-state index >= 15 is 0 Å². The van der Waals surface area contributed by atoms with Gasteiger partial charge in [-0.2, -0.15) is 13.2 Å². The van der Waals surface area contributed by atoms with Crippen molar-refractivity contribution in [2.24, 2.45) is 4.99 Å². The number of aromatic nitrogens is 1. The first-order valence-electron chi connectivity index (χ1n) is 8.80. The summed E-state index contributed by atoms with van der Waals surface area (Å²) in [7, 11) is 1.59. The molecule has 0 fully saturated rings. The fraction of sp³-hybridized carbons (Fsp3) is 0.474. The van der Waals surface area contributed by atoms with Crippen molar-refractivity contribution in [2.75, 3.05) is 20.2 Å². The van der Waals surface area contributed by atoms with Crippen LogP contribution in [-0.4, -0.2) is 31.1 Å². The topological polar surface area (TPSA) is 71.7 Å². The van der Waals surface area contributed by atoms with Gasteiger partial charge in [0.05, 0.1) is 24.8 Å². The number of para-hydroxylation sites is 1. The molecule has 0 spiro atoms. The second kappa shape index (κ2) is 10.7. The predicted molar refractivity (Wildman–Crippen MR) is 116 cm³/mol. The summed E-state index contributed by atoms with van der Waals surface area (Å²) in [6.07, 6.45) is -2.76. The van der Waals surface area contributed by atoms with Crippen LogP contribution in [0.1, 0.15) is 38.0 Å². The maximum absolute atomic E-state index is 12.9. The van der Waals surface area contributed by atoms with Crippen LogP contribution in [0.15, 0.2) is 39.9 Å². The lowest BCUT2D eigenvalue weighted by molar-refractivity contribution is -0.138. The van der Waals surface area contributed by atoms with Gasteiger partial charge in [-0.3, -0.25) is 4.99 Å². The zero-order valence-electron chi connectivity index (χ0n) is 16.8. The number of ether oxygens (including phenoxy) is 1. The maximum atomic E-state index is 12.9. The molecule has 0 saturated carbocycles. The summed E-state index contributed by atoms with van der Waals surface area (Å²) in [5, 5.41) is 6.00. The van der Waals surface area contributed by atoms with Crippen molar-refractivity contribution in [2.45, 2.75) is 38.9 Å². The number of nitrogens with one attached hydrogen (secondary N) is 2. The molecule has 0 aliphatic heterocycles. The standard InChI is InChI=1S/C19H25F3N4O2.HI/c1-18(2,3)15-11-25-16(28-15)12-26-17(23-4)24-9-10-27-14-8-6-5-7-13(14)19(20,21)22;/h5-8,11H,9-10,12H2,1-4H3,(H2,23,24,26);1H. The summed E-state index contributed by atoms with van der Waals surface area (Å²) >= 11 is 0. The van der Waals surface area contributed by atoms with Crippen LogP contribution in [0.2, 0.25) is 0 Å². The van der Waals surface area contributed by atoms with Crippen molar-refractivity contribution in [1.82, 2.24) is 15.6 Å². The number of guanidine groups is 1. The Hall–Kier alpha value is -1.98. The summed E-state index contributed by atoms with van der Waals surface area (Å²) in [6.45, 7) is 6.73. The van der Waals surface area contributed by atoms with E-state index in [9.17, 15) is 13.2 Å². The highest BCUT2D eigenvalue weighted by Gasteiger charge is 2.33. The first kappa shape index (κ1) is 25.1. The normalized spacial score (nSPS) is 12.3. The third-order valence-electron chi connectivity index (χ3n) is 3.77. The number of hydrogen-bond acceptors (Lipinski definition) is 4. The van der Waals surface area contributed by atoms with Crippen molar-refractivity contribution < 1.29 is 22.3 Å². The van der Waals surface area contributed by atoms with Crippen LogP contribution in [0.25, 0.3) is 0 Å². The third kappa shape index (κ3) is 7.75. The van der Waals surface area contributed by atoms with Gasteiger partial charge in [-0.25, -0.2) is 4.98 Å². The fourth-order valence-electron chi connectivity index (χ4n) is 2.28. The minimum absolute atomic E-state index is 0. The number of oxazole rings is 1. The predicted octanol–water partition coefficient (Wildman–Crippen LogP) is 4.35. The lowest BCUT2D eigenvalue weighted by Crippen LogP contribution is -2.39. The number of aliphatic imine (C=N–C) groups is 1. The molecule has 2 N–H and O–H groups in total. The van der Waals surface area contributed by atoms with Crippen molar-refractivity contribution in [3.63, 3.8) is 0 Å². The molecule has 1 heterocycles. The van der Waals surface area contributed by atoms with E-state index in [0.29, 0.717) is 18.4 Å². The summed E-state index contributed by atoms with van der Waals surface area (Å²) < 4.78 is 49.8. The minimum Gasteiger partial charge on any atom is -0.491 e. The lowest BCUT2D eigenvalue weighted by Gasteiger charge is -2.15. The van der Waals surface area contributed by atoms with Gasteiger partial charge < -0.3 is 19.8 Å². The molecule has 1 aromatic heterocycles.